The molecule has 0 aliphatic heterocycles. The van der Waals surface area contributed by atoms with Crippen LogP contribution in [0.4, 0.5) is 0 Å². The van der Waals surface area contributed by atoms with E-state index in [9.17, 15) is 4.57 Å². The van der Waals surface area contributed by atoms with E-state index in [4.69, 9.17) is 22.5 Å². The highest BCUT2D eigenvalue weighted by Gasteiger charge is 2.11. The van der Waals surface area contributed by atoms with Gasteiger partial charge in [-0.3, -0.25) is 4.57 Å². The van der Waals surface area contributed by atoms with Gasteiger partial charge < -0.3 is 0 Å². The summed E-state index contributed by atoms with van der Waals surface area (Å²) >= 11 is 10.8. The van der Waals surface area contributed by atoms with Crippen molar-refractivity contribution in [1.82, 2.24) is 0 Å². The molecule has 1 nitrogen and oxygen atoms in total. The Bertz CT molecular complexity index is 156. The van der Waals surface area contributed by atoms with Gasteiger partial charge in [-0.05, 0) is 28.9 Å². The van der Waals surface area contributed by atoms with Crippen molar-refractivity contribution in [3.63, 3.8) is 0 Å². The molecule has 0 unspecified atom stereocenters. The van der Waals surface area contributed by atoms with Crippen molar-refractivity contribution in [1.29, 1.82) is 0 Å². The molecule has 80 valence electrons. The zero-order chi connectivity index (χ0) is 10.2. The van der Waals surface area contributed by atoms with Crippen molar-refractivity contribution < 1.29 is 4.57 Å². The molecule has 4 heteroatoms. The van der Waals surface area contributed by atoms with Gasteiger partial charge in [0.05, 0.1) is 0 Å². The average molecular weight is 245 g/mol. The van der Waals surface area contributed by atoms with Crippen LogP contribution in [0, 0.1) is 0 Å². The van der Waals surface area contributed by atoms with Gasteiger partial charge in [0.25, 0.3) is 5.85 Å². The summed E-state index contributed by atoms with van der Waals surface area (Å²) in [5, 5.41) is 0. The van der Waals surface area contributed by atoms with Crippen LogP contribution in [-0.2, 0) is 4.57 Å². The summed E-state index contributed by atoms with van der Waals surface area (Å²) < 4.78 is 10.9. The lowest BCUT2D eigenvalue weighted by molar-refractivity contribution is 0.582. The van der Waals surface area contributed by atoms with Crippen LogP contribution in [0.15, 0.2) is 0 Å². The van der Waals surface area contributed by atoms with Crippen LogP contribution in [0.25, 0.3) is 0 Å². The van der Waals surface area contributed by atoms with Crippen LogP contribution in [0.1, 0.15) is 51.9 Å². The monoisotopic (exact) mass is 244 g/mol. The molecule has 0 N–H and O–H groups in total. The number of hydrogen-bond donors (Lipinski definition) is 0. The quantitative estimate of drug-likeness (QED) is 0.413. The second-order valence-corrected chi connectivity index (χ2v) is 8.80. The van der Waals surface area contributed by atoms with Crippen molar-refractivity contribution in [2.75, 3.05) is 6.16 Å². The highest BCUT2D eigenvalue weighted by atomic mass is 35.9. The first kappa shape index (κ1) is 13.8. The van der Waals surface area contributed by atoms with Gasteiger partial charge in [-0.25, -0.2) is 0 Å². The molecule has 0 radical (unpaired) electrons. The molecule has 0 saturated heterocycles. The molecular weight excluding hydrogens is 226 g/mol. The summed E-state index contributed by atoms with van der Waals surface area (Å²) in [6, 6.07) is 0. The van der Waals surface area contributed by atoms with E-state index in [1.165, 1.54) is 32.1 Å². The van der Waals surface area contributed by atoms with Crippen molar-refractivity contribution in [2.45, 2.75) is 51.9 Å². The molecule has 0 bridgehead atoms. The Morgan fingerprint density at radius 3 is 1.85 bits per heavy atom. The molecular formula is C9H19Cl2OP. The van der Waals surface area contributed by atoms with Gasteiger partial charge in [0, 0.05) is 6.16 Å². The molecule has 0 fully saturated rings. The van der Waals surface area contributed by atoms with Crippen LogP contribution in [0.5, 0.6) is 0 Å². The standard InChI is InChI=1S/C9H19Cl2OP/c1-2-3-4-5-6-7-8-9-13(10,11)12/h2-9H2,1H3. The molecule has 0 spiro atoms. The van der Waals surface area contributed by atoms with E-state index in [1.807, 2.05) is 0 Å². The molecule has 0 aliphatic carbocycles. The van der Waals surface area contributed by atoms with Crippen LogP contribution in [0.3, 0.4) is 0 Å². The van der Waals surface area contributed by atoms with Crippen molar-refractivity contribution in [2.24, 2.45) is 0 Å². The Balaban J connectivity index is 3.04. The largest absolute Gasteiger partial charge is 0.289 e. The summed E-state index contributed by atoms with van der Waals surface area (Å²) in [5.41, 5.74) is 0. The Morgan fingerprint density at radius 2 is 1.38 bits per heavy atom. The third-order valence-electron chi connectivity index (χ3n) is 2.02. The molecule has 13 heavy (non-hydrogen) atoms. The molecule has 0 amide bonds. The molecule has 0 aromatic heterocycles. The molecule has 0 heterocycles. The van der Waals surface area contributed by atoms with Crippen molar-refractivity contribution >= 4 is 28.3 Å². The zero-order valence-corrected chi connectivity index (χ0v) is 10.7. The van der Waals surface area contributed by atoms with E-state index in [0.717, 1.165) is 12.8 Å². The number of rotatable bonds is 8. The lowest BCUT2D eigenvalue weighted by Crippen LogP contribution is -1.82. The first-order chi connectivity index (χ1) is 6.06. The maximum absolute atomic E-state index is 10.9. The Kier molecular flexibility index (Phi) is 8.65. The maximum Gasteiger partial charge on any atom is 0.253 e. The predicted molar refractivity (Wildman–Crippen MR) is 62.2 cm³/mol. The van der Waals surface area contributed by atoms with E-state index in [-0.39, 0.29) is 0 Å². The minimum Gasteiger partial charge on any atom is -0.289 e. The predicted octanol–water partition coefficient (Wildman–Crippen LogP) is 5.41. The fourth-order valence-electron chi connectivity index (χ4n) is 1.25. The maximum atomic E-state index is 10.9. The summed E-state index contributed by atoms with van der Waals surface area (Å²) in [5.74, 6) is -2.78. The Hall–Kier alpha value is 0.810. The summed E-state index contributed by atoms with van der Waals surface area (Å²) in [6.45, 7) is 2.21. The highest BCUT2D eigenvalue weighted by Crippen LogP contribution is 2.57. The molecule has 0 rings (SSSR count). The first-order valence-electron chi connectivity index (χ1n) is 5.04. The van der Waals surface area contributed by atoms with E-state index >= 15 is 0 Å². The lowest BCUT2D eigenvalue weighted by Gasteiger charge is -2.01. The summed E-state index contributed by atoms with van der Waals surface area (Å²) in [4.78, 5) is 0. The van der Waals surface area contributed by atoms with Crippen LogP contribution >= 0.6 is 28.3 Å². The highest BCUT2D eigenvalue weighted by molar-refractivity contribution is 8.08. The van der Waals surface area contributed by atoms with Crippen molar-refractivity contribution in [3.8, 4) is 0 Å². The third kappa shape index (κ3) is 12.8. The molecule has 0 aromatic carbocycles. The molecule has 0 aliphatic rings. The lowest BCUT2D eigenvalue weighted by atomic mass is 10.1. The second-order valence-electron chi connectivity index (χ2n) is 3.41. The fraction of sp³-hybridized carbons (Fsp3) is 1.00. The normalized spacial score (nSPS) is 11.9. The van der Waals surface area contributed by atoms with E-state index < -0.39 is 5.85 Å². The fourth-order valence-corrected chi connectivity index (χ4v) is 2.56. The molecule has 0 saturated carbocycles. The van der Waals surface area contributed by atoms with Gasteiger partial charge >= 0.3 is 0 Å². The van der Waals surface area contributed by atoms with Crippen molar-refractivity contribution in [3.05, 3.63) is 0 Å². The smallest absolute Gasteiger partial charge is 0.253 e. The van der Waals surface area contributed by atoms with Gasteiger partial charge in [0.15, 0.2) is 0 Å². The van der Waals surface area contributed by atoms with E-state index in [0.29, 0.717) is 6.16 Å². The number of hydrogen-bond acceptors (Lipinski definition) is 1. The second kappa shape index (κ2) is 8.15. The first-order valence-corrected chi connectivity index (χ1v) is 8.75. The molecule has 0 atom stereocenters. The average Bonchev–Trinajstić information content (AvgIpc) is 2.01. The van der Waals surface area contributed by atoms with Crippen LogP contribution in [-0.4, -0.2) is 6.16 Å². The van der Waals surface area contributed by atoms with Crippen LogP contribution < -0.4 is 0 Å². The summed E-state index contributed by atoms with van der Waals surface area (Å²) in [7, 11) is 0. The third-order valence-corrected chi connectivity index (χ3v) is 3.87. The zero-order valence-electron chi connectivity index (χ0n) is 8.27. The van der Waals surface area contributed by atoms with Gasteiger partial charge in [-0.2, -0.15) is 0 Å². The minimum atomic E-state index is -2.78. The SMILES string of the molecule is CCCCCCCCCP(=O)(Cl)Cl. The van der Waals surface area contributed by atoms with E-state index in [2.05, 4.69) is 6.92 Å². The van der Waals surface area contributed by atoms with Gasteiger partial charge in [-0.1, -0.05) is 45.4 Å². The van der Waals surface area contributed by atoms with Gasteiger partial charge in [0.2, 0.25) is 0 Å². The van der Waals surface area contributed by atoms with Crippen LogP contribution in [0.2, 0.25) is 0 Å². The molecule has 0 aromatic rings. The number of halogens is 2. The Labute approximate surface area is 91.1 Å². The van der Waals surface area contributed by atoms with E-state index in [1.54, 1.807) is 0 Å². The van der Waals surface area contributed by atoms with Gasteiger partial charge in [-0.15, -0.1) is 0 Å². The number of unbranched alkanes of at least 4 members (excludes halogenated alkanes) is 6. The topological polar surface area (TPSA) is 17.1 Å². The minimum absolute atomic E-state index is 0.476. The Morgan fingerprint density at radius 1 is 0.923 bits per heavy atom. The van der Waals surface area contributed by atoms with Gasteiger partial charge in [0.1, 0.15) is 0 Å². The summed E-state index contributed by atoms with van der Waals surface area (Å²) in [6.07, 6.45) is 8.89.